The van der Waals surface area contributed by atoms with Crippen LogP contribution in [0, 0.1) is 0 Å². The zero-order chi connectivity index (χ0) is 17.0. The SMILES string of the molecule is O=C(Nc1cccnc1)C1CCCCN1S(=O)(=O)c1ccccc1. The van der Waals surface area contributed by atoms with Gasteiger partial charge in [0, 0.05) is 12.7 Å². The Morgan fingerprint density at radius 2 is 1.92 bits per heavy atom. The third kappa shape index (κ3) is 3.47. The molecule has 1 atom stereocenters. The summed E-state index contributed by atoms with van der Waals surface area (Å²) in [6.45, 7) is 0.350. The van der Waals surface area contributed by atoms with Crippen LogP contribution in [0.25, 0.3) is 0 Å². The first-order valence-electron chi connectivity index (χ1n) is 7.87. The van der Waals surface area contributed by atoms with Crippen LogP contribution in [-0.2, 0) is 14.8 Å². The molecule has 1 fully saturated rings. The molecule has 126 valence electrons. The summed E-state index contributed by atoms with van der Waals surface area (Å²) >= 11 is 0. The van der Waals surface area contributed by atoms with E-state index in [9.17, 15) is 13.2 Å². The summed E-state index contributed by atoms with van der Waals surface area (Å²) in [6.07, 6.45) is 5.24. The molecule has 1 aliphatic heterocycles. The van der Waals surface area contributed by atoms with Crippen molar-refractivity contribution in [2.75, 3.05) is 11.9 Å². The Labute approximate surface area is 141 Å². The predicted octanol–water partition coefficient (Wildman–Crippen LogP) is 2.26. The van der Waals surface area contributed by atoms with Crippen molar-refractivity contribution in [1.29, 1.82) is 0 Å². The van der Waals surface area contributed by atoms with Gasteiger partial charge < -0.3 is 5.32 Å². The zero-order valence-corrected chi connectivity index (χ0v) is 13.9. The van der Waals surface area contributed by atoms with Gasteiger partial charge >= 0.3 is 0 Å². The molecule has 1 amide bonds. The third-order valence-electron chi connectivity index (χ3n) is 4.04. The Hall–Kier alpha value is -2.25. The number of sulfonamides is 1. The molecule has 3 rings (SSSR count). The summed E-state index contributed by atoms with van der Waals surface area (Å²) in [5, 5.41) is 2.76. The number of nitrogens with zero attached hydrogens (tertiary/aromatic N) is 2. The molecule has 0 spiro atoms. The van der Waals surface area contributed by atoms with Crippen molar-refractivity contribution in [3.63, 3.8) is 0 Å². The fraction of sp³-hybridized carbons (Fsp3) is 0.294. The Balaban J connectivity index is 1.84. The van der Waals surface area contributed by atoms with Gasteiger partial charge in [-0.25, -0.2) is 8.42 Å². The molecule has 1 N–H and O–H groups in total. The molecule has 1 saturated heterocycles. The molecule has 1 aromatic carbocycles. The highest BCUT2D eigenvalue weighted by Crippen LogP contribution is 2.26. The molecular weight excluding hydrogens is 326 g/mol. The molecule has 2 aromatic rings. The van der Waals surface area contributed by atoms with Crippen molar-refractivity contribution in [3.8, 4) is 0 Å². The number of amides is 1. The van der Waals surface area contributed by atoms with Gasteiger partial charge in [0.1, 0.15) is 6.04 Å². The number of anilines is 1. The standard InChI is InChI=1S/C17H19N3O3S/c21-17(19-14-7-6-11-18-13-14)16-10-4-5-12-20(16)24(22,23)15-8-2-1-3-9-15/h1-3,6-9,11,13,16H,4-5,10,12H2,(H,19,21). The first-order valence-corrected chi connectivity index (χ1v) is 9.31. The highest BCUT2D eigenvalue weighted by Gasteiger charge is 2.37. The Morgan fingerprint density at radius 1 is 1.12 bits per heavy atom. The van der Waals surface area contributed by atoms with Gasteiger partial charge in [0.25, 0.3) is 0 Å². The largest absolute Gasteiger partial charge is 0.323 e. The average molecular weight is 345 g/mol. The van der Waals surface area contributed by atoms with Crippen molar-refractivity contribution in [3.05, 3.63) is 54.9 Å². The Bertz CT molecular complexity index is 794. The second-order valence-electron chi connectivity index (χ2n) is 5.67. The number of pyridine rings is 1. The number of piperidine rings is 1. The van der Waals surface area contributed by atoms with Gasteiger partial charge in [-0.05, 0) is 37.1 Å². The summed E-state index contributed by atoms with van der Waals surface area (Å²) in [5.74, 6) is -0.317. The van der Waals surface area contributed by atoms with Crippen LogP contribution < -0.4 is 5.32 Å². The van der Waals surface area contributed by atoms with Crippen LogP contribution in [0.2, 0.25) is 0 Å². The zero-order valence-electron chi connectivity index (χ0n) is 13.1. The van der Waals surface area contributed by atoms with Crippen LogP contribution in [0.1, 0.15) is 19.3 Å². The van der Waals surface area contributed by atoms with Gasteiger partial charge in [0.2, 0.25) is 15.9 Å². The van der Waals surface area contributed by atoms with E-state index in [1.807, 2.05) is 0 Å². The molecule has 0 saturated carbocycles. The average Bonchev–Trinajstić information content (AvgIpc) is 2.63. The molecule has 1 aromatic heterocycles. The lowest BCUT2D eigenvalue weighted by atomic mass is 10.0. The monoisotopic (exact) mass is 345 g/mol. The van der Waals surface area contributed by atoms with Crippen LogP contribution >= 0.6 is 0 Å². The quantitative estimate of drug-likeness (QED) is 0.922. The van der Waals surface area contributed by atoms with E-state index in [1.54, 1.807) is 48.7 Å². The van der Waals surface area contributed by atoms with E-state index in [-0.39, 0.29) is 10.8 Å². The van der Waals surface area contributed by atoms with Gasteiger partial charge in [-0.3, -0.25) is 9.78 Å². The lowest BCUT2D eigenvalue weighted by Gasteiger charge is -2.33. The number of nitrogens with one attached hydrogen (secondary N) is 1. The van der Waals surface area contributed by atoms with Gasteiger partial charge in [0.15, 0.2) is 0 Å². The van der Waals surface area contributed by atoms with Crippen molar-refractivity contribution >= 4 is 21.6 Å². The maximum absolute atomic E-state index is 12.9. The van der Waals surface area contributed by atoms with Gasteiger partial charge in [0.05, 0.1) is 16.8 Å². The predicted molar refractivity (Wildman–Crippen MR) is 90.8 cm³/mol. The van der Waals surface area contributed by atoms with Crippen LogP contribution in [-0.4, -0.2) is 36.2 Å². The second kappa shape index (κ2) is 7.11. The molecule has 24 heavy (non-hydrogen) atoms. The Kier molecular flexibility index (Phi) is 4.92. The van der Waals surface area contributed by atoms with E-state index in [4.69, 9.17) is 0 Å². The summed E-state index contributed by atoms with van der Waals surface area (Å²) in [6, 6.07) is 11.0. The lowest BCUT2D eigenvalue weighted by Crippen LogP contribution is -2.49. The van der Waals surface area contributed by atoms with Crippen molar-refractivity contribution < 1.29 is 13.2 Å². The fourth-order valence-electron chi connectivity index (χ4n) is 2.84. The number of rotatable bonds is 4. The van der Waals surface area contributed by atoms with Crippen molar-refractivity contribution in [2.24, 2.45) is 0 Å². The van der Waals surface area contributed by atoms with E-state index in [1.165, 1.54) is 10.5 Å². The Morgan fingerprint density at radius 3 is 2.62 bits per heavy atom. The first kappa shape index (κ1) is 16.6. The smallest absolute Gasteiger partial charge is 0.243 e. The number of carbonyl (C=O) groups is 1. The van der Waals surface area contributed by atoms with Crippen LogP contribution in [0.5, 0.6) is 0 Å². The number of aromatic nitrogens is 1. The molecule has 2 heterocycles. The highest BCUT2D eigenvalue weighted by atomic mass is 32.2. The van der Waals surface area contributed by atoms with Crippen LogP contribution in [0.15, 0.2) is 59.8 Å². The normalized spacial score (nSPS) is 18.9. The minimum atomic E-state index is -3.69. The number of benzene rings is 1. The van der Waals surface area contributed by atoms with Gasteiger partial charge in [-0.15, -0.1) is 0 Å². The fourth-order valence-corrected chi connectivity index (χ4v) is 4.52. The first-order chi connectivity index (χ1) is 11.6. The molecule has 0 aliphatic carbocycles. The molecule has 1 unspecified atom stereocenters. The lowest BCUT2D eigenvalue weighted by molar-refractivity contribution is -0.120. The van der Waals surface area contributed by atoms with Crippen molar-refractivity contribution in [2.45, 2.75) is 30.2 Å². The maximum atomic E-state index is 12.9. The van der Waals surface area contributed by atoms with Crippen LogP contribution in [0.3, 0.4) is 0 Å². The minimum absolute atomic E-state index is 0.214. The molecular formula is C17H19N3O3S. The summed E-state index contributed by atoms with van der Waals surface area (Å²) < 4.78 is 27.1. The summed E-state index contributed by atoms with van der Waals surface area (Å²) in [7, 11) is -3.69. The van der Waals surface area contributed by atoms with Crippen molar-refractivity contribution in [1.82, 2.24) is 9.29 Å². The maximum Gasteiger partial charge on any atom is 0.243 e. The summed E-state index contributed by atoms with van der Waals surface area (Å²) in [4.78, 5) is 16.8. The minimum Gasteiger partial charge on any atom is -0.323 e. The van der Waals surface area contributed by atoms with Crippen LogP contribution in [0.4, 0.5) is 5.69 Å². The van der Waals surface area contributed by atoms with E-state index in [0.29, 0.717) is 18.7 Å². The molecule has 7 heteroatoms. The third-order valence-corrected chi connectivity index (χ3v) is 5.96. The topological polar surface area (TPSA) is 79.4 Å². The van der Waals surface area contributed by atoms with E-state index in [0.717, 1.165) is 12.8 Å². The van der Waals surface area contributed by atoms with E-state index >= 15 is 0 Å². The van der Waals surface area contributed by atoms with Gasteiger partial charge in [-0.1, -0.05) is 24.6 Å². The number of hydrogen-bond donors (Lipinski definition) is 1. The van der Waals surface area contributed by atoms with Gasteiger partial charge in [-0.2, -0.15) is 4.31 Å². The van der Waals surface area contributed by atoms with E-state index in [2.05, 4.69) is 10.3 Å². The molecule has 6 nitrogen and oxygen atoms in total. The van der Waals surface area contributed by atoms with E-state index < -0.39 is 16.1 Å². The second-order valence-corrected chi connectivity index (χ2v) is 7.56. The highest BCUT2D eigenvalue weighted by molar-refractivity contribution is 7.89. The molecule has 1 aliphatic rings. The number of hydrogen-bond acceptors (Lipinski definition) is 4. The molecule has 0 bridgehead atoms. The number of carbonyl (C=O) groups excluding carboxylic acids is 1. The molecule has 0 radical (unpaired) electrons. The summed E-state index contributed by atoms with van der Waals surface area (Å²) in [5.41, 5.74) is 0.560.